The fourth-order valence-electron chi connectivity index (χ4n) is 3.64. The van der Waals surface area contributed by atoms with E-state index >= 15 is 0 Å². The maximum absolute atomic E-state index is 12.3. The average molecular weight is 288 g/mol. The summed E-state index contributed by atoms with van der Waals surface area (Å²) in [5.74, 6) is 0.610. The highest BCUT2D eigenvalue weighted by Crippen LogP contribution is 2.42. The third-order valence-corrected chi connectivity index (χ3v) is 4.58. The lowest BCUT2D eigenvalue weighted by molar-refractivity contribution is -0.123. The molecule has 1 atom stereocenters. The molecule has 116 valence electrons. The molecule has 2 rings (SSSR count). The van der Waals surface area contributed by atoms with Crippen molar-refractivity contribution < 1.29 is 4.79 Å². The second-order valence-electron chi connectivity index (χ2n) is 6.91. The molecule has 0 spiro atoms. The fraction of sp³-hybridized carbons (Fsp3) is 0.611. The van der Waals surface area contributed by atoms with Gasteiger partial charge in [0.15, 0.2) is 0 Å². The molecule has 0 aromatic heterocycles. The van der Waals surface area contributed by atoms with Gasteiger partial charge in [0.2, 0.25) is 5.91 Å². The van der Waals surface area contributed by atoms with Crippen molar-refractivity contribution in [2.24, 2.45) is 17.1 Å². The zero-order valence-electron chi connectivity index (χ0n) is 13.3. The molecular formula is C18H28N2O. The lowest BCUT2D eigenvalue weighted by Crippen LogP contribution is -2.41. The zero-order valence-corrected chi connectivity index (χ0v) is 13.3. The summed E-state index contributed by atoms with van der Waals surface area (Å²) in [4.78, 5) is 12.3. The van der Waals surface area contributed by atoms with E-state index in [1.54, 1.807) is 0 Å². The second kappa shape index (κ2) is 7.08. The van der Waals surface area contributed by atoms with Gasteiger partial charge in [0.1, 0.15) is 6.04 Å². The first-order chi connectivity index (χ1) is 10.0. The Morgan fingerprint density at radius 2 is 1.86 bits per heavy atom. The van der Waals surface area contributed by atoms with E-state index in [-0.39, 0.29) is 5.91 Å². The number of amides is 1. The van der Waals surface area contributed by atoms with Crippen molar-refractivity contribution >= 4 is 5.91 Å². The lowest BCUT2D eigenvalue weighted by Gasteiger charge is -2.31. The van der Waals surface area contributed by atoms with Gasteiger partial charge in [-0.3, -0.25) is 4.79 Å². The van der Waals surface area contributed by atoms with E-state index in [2.05, 4.69) is 19.2 Å². The van der Waals surface area contributed by atoms with Crippen molar-refractivity contribution in [3.05, 3.63) is 35.9 Å². The van der Waals surface area contributed by atoms with E-state index in [4.69, 9.17) is 5.73 Å². The van der Waals surface area contributed by atoms with Gasteiger partial charge in [-0.15, -0.1) is 0 Å². The first-order valence-electron chi connectivity index (χ1n) is 8.11. The molecule has 0 heterocycles. The molecule has 3 N–H and O–H groups in total. The summed E-state index contributed by atoms with van der Waals surface area (Å²) >= 11 is 0. The van der Waals surface area contributed by atoms with Crippen molar-refractivity contribution in [2.75, 3.05) is 6.54 Å². The van der Waals surface area contributed by atoms with Crippen LogP contribution in [0.15, 0.2) is 30.3 Å². The fourth-order valence-corrected chi connectivity index (χ4v) is 3.64. The number of hydrogen-bond donors (Lipinski definition) is 2. The molecule has 3 nitrogen and oxygen atoms in total. The SMILES string of the molecule is CC(C)CC1(CNC(=O)[C@@H](N)c2ccccc2)CCCC1. The topological polar surface area (TPSA) is 55.1 Å². The number of rotatable bonds is 6. The third kappa shape index (κ3) is 4.31. The van der Waals surface area contributed by atoms with Gasteiger partial charge in [-0.1, -0.05) is 57.0 Å². The van der Waals surface area contributed by atoms with Gasteiger partial charge in [0, 0.05) is 6.54 Å². The van der Waals surface area contributed by atoms with Crippen LogP contribution in [0.5, 0.6) is 0 Å². The van der Waals surface area contributed by atoms with Crippen molar-refractivity contribution in [3.63, 3.8) is 0 Å². The summed E-state index contributed by atoms with van der Waals surface area (Å²) < 4.78 is 0. The highest BCUT2D eigenvalue weighted by Gasteiger charge is 2.35. The largest absolute Gasteiger partial charge is 0.354 e. The second-order valence-corrected chi connectivity index (χ2v) is 6.91. The molecular weight excluding hydrogens is 260 g/mol. The van der Waals surface area contributed by atoms with Crippen LogP contribution in [-0.4, -0.2) is 12.5 Å². The number of carbonyl (C=O) groups excluding carboxylic acids is 1. The van der Waals surface area contributed by atoms with E-state index < -0.39 is 6.04 Å². The maximum Gasteiger partial charge on any atom is 0.241 e. The van der Waals surface area contributed by atoms with Gasteiger partial charge in [0.25, 0.3) is 0 Å². The van der Waals surface area contributed by atoms with Crippen LogP contribution in [0.3, 0.4) is 0 Å². The molecule has 3 heteroatoms. The van der Waals surface area contributed by atoms with Crippen LogP contribution in [0.4, 0.5) is 0 Å². The number of carbonyl (C=O) groups is 1. The molecule has 0 unspecified atom stereocenters. The van der Waals surface area contributed by atoms with Crippen LogP contribution in [0, 0.1) is 11.3 Å². The van der Waals surface area contributed by atoms with Crippen LogP contribution in [0.1, 0.15) is 57.6 Å². The average Bonchev–Trinajstić information content (AvgIpc) is 2.93. The molecule has 1 aliphatic rings. The predicted octanol–water partition coefficient (Wildman–Crippen LogP) is 3.41. The highest BCUT2D eigenvalue weighted by atomic mass is 16.2. The van der Waals surface area contributed by atoms with Crippen LogP contribution >= 0.6 is 0 Å². The summed E-state index contributed by atoms with van der Waals surface area (Å²) in [6.07, 6.45) is 6.21. The quantitative estimate of drug-likeness (QED) is 0.843. The van der Waals surface area contributed by atoms with E-state index in [0.29, 0.717) is 11.3 Å². The number of hydrogen-bond acceptors (Lipinski definition) is 2. The van der Waals surface area contributed by atoms with Crippen molar-refractivity contribution in [3.8, 4) is 0 Å². The molecule has 1 fully saturated rings. The first kappa shape index (κ1) is 16.0. The van der Waals surface area contributed by atoms with Crippen molar-refractivity contribution in [1.82, 2.24) is 5.32 Å². The Balaban J connectivity index is 1.93. The van der Waals surface area contributed by atoms with Crippen molar-refractivity contribution in [2.45, 2.75) is 52.0 Å². The monoisotopic (exact) mass is 288 g/mol. The van der Waals surface area contributed by atoms with E-state index in [0.717, 1.165) is 12.1 Å². The van der Waals surface area contributed by atoms with Gasteiger partial charge in [0.05, 0.1) is 0 Å². The van der Waals surface area contributed by atoms with Gasteiger partial charge < -0.3 is 11.1 Å². The lowest BCUT2D eigenvalue weighted by atomic mass is 9.78. The summed E-state index contributed by atoms with van der Waals surface area (Å²) in [5, 5.41) is 3.11. The van der Waals surface area contributed by atoms with E-state index in [1.807, 2.05) is 30.3 Å². The van der Waals surface area contributed by atoms with Gasteiger partial charge in [-0.05, 0) is 36.2 Å². The third-order valence-electron chi connectivity index (χ3n) is 4.58. The molecule has 0 bridgehead atoms. The number of benzene rings is 1. The Hall–Kier alpha value is -1.35. The maximum atomic E-state index is 12.3. The van der Waals surface area contributed by atoms with Gasteiger partial charge in [-0.25, -0.2) is 0 Å². The normalized spacial score (nSPS) is 18.7. The predicted molar refractivity (Wildman–Crippen MR) is 86.7 cm³/mol. The smallest absolute Gasteiger partial charge is 0.241 e. The highest BCUT2D eigenvalue weighted by molar-refractivity contribution is 5.82. The van der Waals surface area contributed by atoms with Gasteiger partial charge in [-0.2, -0.15) is 0 Å². The first-order valence-corrected chi connectivity index (χ1v) is 8.11. The minimum absolute atomic E-state index is 0.0590. The summed E-state index contributed by atoms with van der Waals surface area (Å²) in [5.41, 5.74) is 7.22. The Kier molecular flexibility index (Phi) is 5.40. The standard InChI is InChI=1S/C18H28N2O/c1-14(2)12-18(10-6-7-11-18)13-20-17(21)16(19)15-8-4-3-5-9-15/h3-5,8-9,14,16H,6-7,10-13,19H2,1-2H3,(H,20,21)/t16-/m0/s1. The molecule has 1 aromatic carbocycles. The van der Waals surface area contributed by atoms with Crippen molar-refractivity contribution in [1.29, 1.82) is 0 Å². The molecule has 21 heavy (non-hydrogen) atoms. The van der Waals surface area contributed by atoms with Gasteiger partial charge >= 0.3 is 0 Å². The minimum atomic E-state index is -0.566. The molecule has 0 aliphatic heterocycles. The van der Waals surface area contributed by atoms with Crippen LogP contribution < -0.4 is 11.1 Å². The molecule has 1 saturated carbocycles. The number of nitrogens with one attached hydrogen (secondary N) is 1. The minimum Gasteiger partial charge on any atom is -0.354 e. The number of nitrogens with two attached hydrogens (primary N) is 1. The Morgan fingerprint density at radius 3 is 2.43 bits per heavy atom. The Morgan fingerprint density at radius 1 is 1.24 bits per heavy atom. The van der Waals surface area contributed by atoms with E-state index in [9.17, 15) is 4.79 Å². The van der Waals surface area contributed by atoms with Crippen LogP contribution in [0.25, 0.3) is 0 Å². The summed E-state index contributed by atoms with van der Waals surface area (Å²) in [7, 11) is 0. The summed E-state index contributed by atoms with van der Waals surface area (Å²) in [6.45, 7) is 5.29. The Bertz CT molecular complexity index is 450. The van der Waals surface area contributed by atoms with Crippen LogP contribution in [0.2, 0.25) is 0 Å². The summed E-state index contributed by atoms with van der Waals surface area (Å²) in [6, 6.07) is 9.01. The van der Waals surface area contributed by atoms with E-state index in [1.165, 1.54) is 32.1 Å². The Labute approximate surface area is 128 Å². The van der Waals surface area contributed by atoms with Crippen LogP contribution in [-0.2, 0) is 4.79 Å². The zero-order chi connectivity index (χ0) is 15.3. The molecule has 0 saturated heterocycles. The molecule has 1 amide bonds. The molecule has 0 radical (unpaired) electrons. The molecule has 1 aromatic rings. The molecule has 1 aliphatic carbocycles.